The van der Waals surface area contributed by atoms with Crippen molar-refractivity contribution in [2.75, 3.05) is 85.2 Å². The van der Waals surface area contributed by atoms with E-state index in [2.05, 4.69) is 95.7 Å². The SMILES string of the molecule is C1CCOC1.CC1(N)CCN(c2cnc3c(-c4cccc(Cl)c4Cl)[nH]nc3n2)CC1.CC1(NC(=O)OC(C)(C)C)CCN(c2nc3c(nc2Br)c(-c2cccc(Cl)c2Cl)nn3C(=O)OC(C)(C)C)CC1.Cc1nc2c(-c3cccc(Cl)c3Cl)[nH]nc2nc1N1CCC(C)(N)CC1.Cc1nc2c(-c3cccc(Cl)c3Cl)nn(C(=O)OC(C)(C)C)c2nc1N1CCC(C)(NC(=O)OC(C)(C)C)CC1. The summed E-state index contributed by atoms with van der Waals surface area (Å²) in [6, 6.07) is 21.3. The number of halogens is 9. The smallest absolute Gasteiger partial charge is 0.437 e. The summed E-state index contributed by atoms with van der Waals surface area (Å²) in [4.78, 5) is 97.8. The predicted octanol–water partition coefficient (Wildman–Crippen LogP) is 22.4. The Morgan fingerprint density at radius 2 is 0.765 bits per heavy atom. The van der Waals surface area contributed by atoms with Crippen LogP contribution in [0.3, 0.4) is 0 Å². The number of rotatable bonds is 10. The molecule has 0 atom stereocenters. The molecule has 4 aromatic carbocycles. The van der Waals surface area contributed by atoms with Crippen LogP contribution in [-0.4, -0.2) is 214 Å². The zero-order valence-corrected chi connectivity index (χ0v) is 87.1. The van der Waals surface area contributed by atoms with Crippen molar-refractivity contribution in [3.63, 3.8) is 0 Å². The summed E-state index contributed by atoms with van der Waals surface area (Å²) in [6.45, 7) is 41.5. The maximum Gasteiger partial charge on any atom is 0.437 e. The number of nitrogens with one attached hydrogen (secondary N) is 4. The van der Waals surface area contributed by atoms with Crippen molar-refractivity contribution in [3.8, 4) is 45.0 Å². The van der Waals surface area contributed by atoms with E-state index in [1.165, 1.54) is 12.8 Å². The average Bonchev–Trinajstić information content (AvgIpc) is 1.60. The van der Waals surface area contributed by atoms with Crippen molar-refractivity contribution in [1.29, 1.82) is 0 Å². The fourth-order valence-electron chi connectivity index (χ4n) is 15.7. The van der Waals surface area contributed by atoms with Crippen LogP contribution in [-0.2, 0) is 23.7 Å². The Morgan fingerprint density at radius 3 is 1.16 bits per heavy atom. The molecule has 2 amide bonds. The van der Waals surface area contributed by atoms with E-state index in [0.29, 0.717) is 165 Å². The molecule has 728 valence electrons. The molecule has 5 aliphatic rings. The van der Waals surface area contributed by atoms with Crippen molar-refractivity contribution in [1.82, 2.24) is 90.5 Å². The number of alkyl carbamates (subject to hydrolysis) is 2. The van der Waals surface area contributed by atoms with Gasteiger partial charge in [0.15, 0.2) is 28.7 Å². The number of piperidine rings is 4. The van der Waals surface area contributed by atoms with Crippen LogP contribution in [0.25, 0.3) is 89.7 Å². The summed E-state index contributed by atoms with van der Waals surface area (Å²) in [5.41, 5.74) is 18.7. The molecule has 5 fully saturated rings. The number of amides is 2. The zero-order valence-electron chi connectivity index (χ0n) is 79.4. The number of hydrogen-bond acceptors (Lipinski definition) is 27. The number of aryl methyl sites for hydroxylation is 2. The number of benzene rings is 4. The molecule has 0 unspecified atom stereocenters. The van der Waals surface area contributed by atoms with E-state index >= 15 is 0 Å². The molecule has 0 spiro atoms. The lowest BCUT2D eigenvalue weighted by Gasteiger charge is -2.40. The summed E-state index contributed by atoms with van der Waals surface area (Å²) in [6.07, 6.45) is 8.41. The fourth-order valence-corrected chi connectivity index (χ4v) is 17.8. The zero-order chi connectivity index (χ0) is 98.9. The Labute approximate surface area is 838 Å². The summed E-state index contributed by atoms with van der Waals surface area (Å²) < 4.78 is 29.8. The number of aromatic nitrogens is 16. The number of hydrogen-bond donors (Lipinski definition) is 6. The first-order valence-corrected chi connectivity index (χ1v) is 48.6. The highest BCUT2D eigenvalue weighted by Gasteiger charge is 2.40. The summed E-state index contributed by atoms with van der Waals surface area (Å²) in [5, 5.41) is 33.0. The minimum atomic E-state index is -0.757. The Kier molecular flexibility index (Phi) is 31.9. The van der Waals surface area contributed by atoms with E-state index in [1.54, 1.807) is 96.3 Å². The lowest BCUT2D eigenvalue weighted by atomic mass is 9.89. The second-order valence-electron chi connectivity index (χ2n) is 39.6. The highest BCUT2D eigenvalue weighted by atomic mass is 79.9. The van der Waals surface area contributed by atoms with Crippen molar-refractivity contribution in [3.05, 3.63) is 135 Å². The third-order valence-electron chi connectivity index (χ3n) is 23.1. The van der Waals surface area contributed by atoms with Gasteiger partial charge in [0.1, 0.15) is 66.3 Å². The minimum Gasteiger partial charge on any atom is -0.444 e. The van der Waals surface area contributed by atoms with Crippen LogP contribution >= 0.6 is 109 Å². The van der Waals surface area contributed by atoms with Gasteiger partial charge in [0.05, 0.1) is 69.2 Å². The Morgan fingerprint density at radius 1 is 0.426 bits per heavy atom. The molecule has 5 saturated heterocycles. The Hall–Kier alpha value is -9.56. The lowest BCUT2D eigenvalue weighted by molar-refractivity contribution is 0.0435. The van der Waals surface area contributed by atoms with Crippen molar-refractivity contribution in [2.24, 2.45) is 11.5 Å². The van der Waals surface area contributed by atoms with Gasteiger partial charge in [-0.1, -0.05) is 141 Å². The third kappa shape index (κ3) is 25.5. The second kappa shape index (κ2) is 41.9. The van der Waals surface area contributed by atoms with Crippen LogP contribution in [0, 0.1) is 13.8 Å². The number of nitrogens with two attached hydrogens (primary N) is 2. The molecule has 0 aliphatic carbocycles. The number of carbonyl (C=O) groups excluding carboxylic acids is 4. The molecule has 0 saturated carbocycles. The molecule has 17 rings (SSSR count). The van der Waals surface area contributed by atoms with Crippen LogP contribution in [0.4, 0.5) is 42.4 Å². The predicted molar refractivity (Wildman–Crippen MR) is 543 cm³/mol. The highest BCUT2D eigenvalue weighted by molar-refractivity contribution is 9.10. The third-order valence-corrected chi connectivity index (χ3v) is 26.9. The molecule has 42 heteroatoms. The van der Waals surface area contributed by atoms with E-state index in [9.17, 15) is 19.2 Å². The van der Waals surface area contributed by atoms with Crippen LogP contribution in [0.5, 0.6) is 0 Å². The van der Waals surface area contributed by atoms with E-state index in [0.717, 1.165) is 114 Å². The molecule has 12 aromatic rings. The second-order valence-corrected chi connectivity index (χ2v) is 43.4. The van der Waals surface area contributed by atoms with Gasteiger partial charge in [0.2, 0.25) is 11.3 Å². The molecule has 136 heavy (non-hydrogen) atoms. The molecular formula is C94H115BrCl8N24O9. The summed E-state index contributed by atoms with van der Waals surface area (Å²) in [5.74, 6) is 2.85. The topological polar surface area (TPSA) is 400 Å². The molecule has 13 heterocycles. The van der Waals surface area contributed by atoms with Crippen LogP contribution in [0.2, 0.25) is 40.2 Å². The molecule has 8 N–H and O–H groups in total. The number of fused-ring (bicyclic) bond motifs is 4. The number of anilines is 4. The molecule has 0 radical (unpaired) electrons. The van der Waals surface area contributed by atoms with Crippen LogP contribution in [0.15, 0.2) is 83.6 Å². The molecule has 5 aliphatic heterocycles. The quantitative estimate of drug-likeness (QED) is 0.0693. The minimum absolute atomic E-state index is 0.100. The van der Waals surface area contributed by atoms with Crippen molar-refractivity contribution in [2.45, 2.75) is 233 Å². The molecular weight excluding hydrogens is 1970 g/mol. The van der Waals surface area contributed by atoms with Gasteiger partial charge in [-0.15, -0.1) is 9.36 Å². The number of H-pyrrole nitrogens is 2. The van der Waals surface area contributed by atoms with Gasteiger partial charge in [0.25, 0.3) is 0 Å². The summed E-state index contributed by atoms with van der Waals surface area (Å²) >= 11 is 54.1. The van der Waals surface area contributed by atoms with E-state index in [-0.39, 0.29) is 27.4 Å². The van der Waals surface area contributed by atoms with Crippen LogP contribution in [0.1, 0.15) is 186 Å². The van der Waals surface area contributed by atoms with Gasteiger partial charge in [-0.2, -0.15) is 20.4 Å². The first-order valence-electron chi connectivity index (χ1n) is 44.8. The largest absolute Gasteiger partial charge is 0.444 e. The number of ether oxygens (including phenoxy) is 5. The van der Waals surface area contributed by atoms with Gasteiger partial charge in [-0.05, 0) is 229 Å². The Balaban J connectivity index is 0.000000153. The Bertz CT molecular complexity index is 6180. The maximum absolute atomic E-state index is 13.2. The van der Waals surface area contributed by atoms with E-state index in [4.69, 9.17) is 158 Å². The van der Waals surface area contributed by atoms with Gasteiger partial charge < -0.3 is 65.4 Å². The number of nitrogens with zero attached hydrogens (tertiary/aromatic N) is 18. The molecule has 33 nitrogen and oxygen atoms in total. The maximum atomic E-state index is 13.2. The van der Waals surface area contributed by atoms with E-state index in [1.807, 2.05) is 98.4 Å². The first-order chi connectivity index (χ1) is 63.7. The van der Waals surface area contributed by atoms with Crippen molar-refractivity contribution >= 4 is 201 Å². The summed E-state index contributed by atoms with van der Waals surface area (Å²) in [7, 11) is 0. The van der Waals surface area contributed by atoms with Crippen molar-refractivity contribution < 1.29 is 42.9 Å². The highest BCUT2D eigenvalue weighted by Crippen LogP contribution is 2.44. The van der Waals surface area contributed by atoms with Gasteiger partial charge >= 0.3 is 24.4 Å². The van der Waals surface area contributed by atoms with E-state index < -0.39 is 57.9 Å². The van der Waals surface area contributed by atoms with Gasteiger partial charge in [-0.25, -0.2) is 59.0 Å². The molecule has 8 aromatic heterocycles. The number of carbonyl (C=O) groups is 4. The first kappa shape index (κ1) is 104. The number of aromatic amines is 2. The van der Waals surface area contributed by atoms with Gasteiger partial charge in [0, 0.05) is 110 Å². The standard InChI is InChI=1S/C28H36Cl2N6O4.C27H33BrCl2N6O4.C18H20Cl2N6.C17H18Cl2N6.C4H8O/c1-16-22(35-14-12-28(8,13-15-35)33-24(37)39-26(2,3)4)32-23-21(31-16)20(17-10-9-11-18(29)19(17)30)34-36(23)25(38)40-27(5,6)7;1-25(2,3)39-23(37)33-27(7)11-13-35(14-12-27)22-20(28)31-19-18(15-9-8-10-16(29)17(15)30)34-36(21(19)32-22)24(38)40-26(4,5)6;1-10-17(26-8-6-18(2,21)7-9-26)23-16-15(22-10)14(24-25-16)11-4-3-5-12(19)13(11)20;1-17(20)5-7-25(8-6-17)12-9-21-15-14(23-24-16(15)22-12)10-3-2-4-11(18)13(10)19;1-2-4-5-3-1/h9-11H,12-15H2,1-8H3,(H,33,37);8-10H,11-14H2,1-7H3,(H,33,37);3-5H,6-9,21H2,1-2H3,(H,23,24,25);2-4,9H,5-8,20H2,1H3,(H,22,23,24);1-4H2. The lowest BCUT2D eigenvalue weighted by Crippen LogP contribution is -2.54. The van der Waals surface area contributed by atoms with Gasteiger partial charge in [-0.3, -0.25) is 10.2 Å². The normalized spacial score (nSPS) is 16.5. The average molecular weight is 2090 g/mol. The fraction of sp³-hybridized carbons (Fsp3) is 0.489. The van der Waals surface area contributed by atoms with Crippen LogP contribution < -0.4 is 41.7 Å². The molecule has 0 bridgehead atoms. The monoisotopic (exact) mass is 2080 g/mol.